The molecular weight excluding hydrogens is 294 g/mol. The highest BCUT2D eigenvalue weighted by Crippen LogP contribution is 2.14. The van der Waals surface area contributed by atoms with Gasteiger partial charge >= 0.3 is 5.97 Å². The largest absolute Gasteiger partial charge is 0.475 e. The van der Waals surface area contributed by atoms with Crippen molar-refractivity contribution in [3.05, 3.63) is 53.3 Å². The number of hydrogen-bond acceptors (Lipinski definition) is 4. The number of carbonyl (C=O) groups is 1. The van der Waals surface area contributed by atoms with E-state index in [0.717, 1.165) is 23.3 Å². The Balaban J connectivity index is 2.01. The third kappa shape index (κ3) is 3.71. The zero-order valence-electron chi connectivity index (χ0n) is 11.4. The van der Waals surface area contributed by atoms with Crippen LogP contribution >= 0.6 is 0 Å². The molecule has 2 rings (SSSR count). The van der Waals surface area contributed by atoms with E-state index in [4.69, 9.17) is 9.52 Å². The molecule has 0 atom stereocenters. The zero-order chi connectivity index (χ0) is 15.5. The van der Waals surface area contributed by atoms with Crippen molar-refractivity contribution < 1.29 is 22.7 Å². The van der Waals surface area contributed by atoms with Gasteiger partial charge in [0.1, 0.15) is 0 Å². The van der Waals surface area contributed by atoms with Gasteiger partial charge in [-0.1, -0.05) is 24.3 Å². The zero-order valence-corrected chi connectivity index (χ0v) is 12.2. The molecule has 1 aromatic carbocycles. The Hall–Kier alpha value is -2.12. The molecule has 0 spiro atoms. The summed E-state index contributed by atoms with van der Waals surface area (Å²) in [7, 11) is -3.84. The number of aromatic carboxylic acids is 1. The van der Waals surface area contributed by atoms with Crippen molar-refractivity contribution in [3.63, 3.8) is 0 Å². The molecule has 1 aromatic heterocycles. The molecule has 0 unspecified atom stereocenters. The van der Waals surface area contributed by atoms with Crippen LogP contribution in [0.3, 0.4) is 0 Å². The van der Waals surface area contributed by atoms with Crippen LogP contribution in [0, 0.1) is 6.92 Å². The Bertz CT molecular complexity index is 748. The second-order valence-corrected chi connectivity index (χ2v) is 6.20. The first kappa shape index (κ1) is 15.3. The summed E-state index contributed by atoms with van der Waals surface area (Å²) in [6, 6.07) is 9.92. The van der Waals surface area contributed by atoms with E-state index in [0.29, 0.717) is 6.42 Å². The minimum absolute atomic E-state index is 0.205. The molecule has 0 aliphatic carbocycles. The van der Waals surface area contributed by atoms with Crippen molar-refractivity contribution in [1.29, 1.82) is 0 Å². The molecule has 21 heavy (non-hydrogen) atoms. The minimum Gasteiger partial charge on any atom is -0.475 e. The molecule has 2 aromatic rings. The maximum Gasteiger partial charge on any atom is 0.371 e. The van der Waals surface area contributed by atoms with Gasteiger partial charge in [0.05, 0.1) is 0 Å². The molecule has 0 saturated heterocycles. The second kappa shape index (κ2) is 6.11. The minimum atomic E-state index is -3.84. The average Bonchev–Trinajstić information content (AvgIpc) is 2.91. The maximum absolute atomic E-state index is 11.9. The van der Waals surface area contributed by atoms with Crippen LogP contribution in [0.15, 0.2) is 45.9 Å². The number of nitrogens with one attached hydrogen (secondary N) is 1. The summed E-state index contributed by atoms with van der Waals surface area (Å²) in [5.74, 6) is -1.72. The number of aryl methyl sites for hydroxylation is 1. The summed E-state index contributed by atoms with van der Waals surface area (Å²) >= 11 is 0. The van der Waals surface area contributed by atoms with Gasteiger partial charge in [0.2, 0.25) is 10.9 Å². The van der Waals surface area contributed by atoms with E-state index in [1.165, 1.54) is 0 Å². The van der Waals surface area contributed by atoms with Crippen LogP contribution in [0.5, 0.6) is 0 Å². The second-order valence-electron chi connectivity index (χ2n) is 4.50. The molecule has 112 valence electrons. The van der Waals surface area contributed by atoms with Gasteiger partial charge in [-0.15, -0.1) is 0 Å². The van der Waals surface area contributed by atoms with Gasteiger partial charge in [0, 0.05) is 6.54 Å². The maximum atomic E-state index is 11.9. The van der Waals surface area contributed by atoms with E-state index in [1.807, 2.05) is 31.2 Å². The molecule has 2 N–H and O–H groups in total. The number of hydrogen-bond donors (Lipinski definition) is 2. The van der Waals surface area contributed by atoms with Crippen LogP contribution in [0.2, 0.25) is 0 Å². The lowest BCUT2D eigenvalue weighted by Crippen LogP contribution is -2.25. The van der Waals surface area contributed by atoms with Crippen molar-refractivity contribution in [2.24, 2.45) is 0 Å². The van der Waals surface area contributed by atoms with Crippen LogP contribution in [0.25, 0.3) is 0 Å². The topological polar surface area (TPSA) is 96.6 Å². The lowest BCUT2D eigenvalue weighted by atomic mass is 10.1. The van der Waals surface area contributed by atoms with Gasteiger partial charge in [-0.05, 0) is 36.6 Å². The predicted molar refractivity (Wildman–Crippen MR) is 75.7 cm³/mol. The van der Waals surface area contributed by atoms with E-state index in [-0.39, 0.29) is 6.54 Å². The number of sulfonamides is 1. The Morgan fingerprint density at radius 3 is 2.57 bits per heavy atom. The average molecular weight is 309 g/mol. The van der Waals surface area contributed by atoms with Crippen LogP contribution < -0.4 is 4.72 Å². The van der Waals surface area contributed by atoms with Crippen LogP contribution in [-0.2, 0) is 16.4 Å². The summed E-state index contributed by atoms with van der Waals surface area (Å²) in [5.41, 5.74) is 2.13. The summed E-state index contributed by atoms with van der Waals surface area (Å²) < 4.78 is 31.1. The number of furan rings is 1. The third-order valence-electron chi connectivity index (χ3n) is 3.00. The smallest absolute Gasteiger partial charge is 0.371 e. The van der Waals surface area contributed by atoms with E-state index in [9.17, 15) is 13.2 Å². The molecule has 0 amide bonds. The number of carboxylic acid groups (broad SMARTS) is 1. The quantitative estimate of drug-likeness (QED) is 0.848. The van der Waals surface area contributed by atoms with Crippen LogP contribution in [-0.4, -0.2) is 26.0 Å². The number of benzene rings is 1. The first-order valence-electron chi connectivity index (χ1n) is 6.27. The van der Waals surface area contributed by atoms with Gasteiger partial charge in [0.25, 0.3) is 10.0 Å². The first-order valence-corrected chi connectivity index (χ1v) is 7.76. The van der Waals surface area contributed by atoms with Crippen molar-refractivity contribution in [2.75, 3.05) is 6.54 Å². The Kier molecular flexibility index (Phi) is 4.44. The van der Waals surface area contributed by atoms with Crippen LogP contribution in [0.1, 0.15) is 21.7 Å². The normalized spacial score (nSPS) is 11.5. The van der Waals surface area contributed by atoms with E-state index in [1.54, 1.807) is 0 Å². The highest BCUT2D eigenvalue weighted by atomic mass is 32.2. The molecule has 0 aliphatic heterocycles. The summed E-state index contributed by atoms with van der Waals surface area (Å²) in [4.78, 5) is 10.7. The monoisotopic (exact) mass is 309 g/mol. The van der Waals surface area contributed by atoms with Crippen molar-refractivity contribution in [2.45, 2.75) is 18.4 Å². The Morgan fingerprint density at radius 1 is 1.24 bits per heavy atom. The van der Waals surface area contributed by atoms with Gasteiger partial charge in [-0.25, -0.2) is 17.9 Å². The molecular formula is C14H15NO5S. The van der Waals surface area contributed by atoms with E-state index in [2.05, 4.69) is 4.72 Å². The highest BCUT2D eigenvalue weighted by molar-refractivity contribution is 7.89. The summed E-state index contributed by atoms with van der Waals surface area (Å²) in [5, 5.41) is 8.31. The highest BCUT2D eigenvalue weighted by Gasteiger charge is 2.20. The van der Waals surface area contributed by atoms with Crippen molar-refractivity contribution in [3.8, 4) is 0 Å². The van der Waals surface area contributed by atoms with E-state index >= 15 is 0 Å². The lowest BCUT2D eigenvalue weighted by Gasteiger charge is -2.06. The fourth-order valence-corrected chi connectivity index (χ4v) is 2.82. The Morgan fingerprint density at radius 2 is 1.95 bits per heavy atom. The van der Waals surface area contributed by atoms with Crippen molar-refractivity contribution >= 4 is 16.0 Å². The standard InChI is InChI=1S/C14H15NO5S/c1-10-4-2-3-5-11(10)8-9-15-21(18,19)13-7-6-12(20-13)14(16)17/h2-7,15H,8-9H2,1H3,(H,16,17). The van der Waals surface area contributed by atoms with Crippen LogP contribution in [0.4, 0.5) is 0 Å². The lowest BCUT2D eigenvalue weighted by molar-refractivity contribution is 0.0656. The fourth-order valence-electron chi connectivity index (χ4n) is 1.86. The molecule has 0 radical (unpaired) electrons. The summed E-state index contributed by atoms with van der Waals surface area (Å²) in [6.45, 7) is 2.16. The molecule has 1 heterocycles. The molecule has 7 heteroatoms. The molecule has 0 saturated carbocycles. The molecule has 0 bridgehead atoms. The molecule has 0 fully saturated rings. The first-order chi connectivity index (χ1) is 9.90. The third-order valence-corrected chi connectivity index (χ3v) is 4.34. The van der Waals surface area contributed by atoms with E-state index < -0.39 is 26.8 Å². The number of rotatable bonds is 6. The summed E-state index contributed by atoms with van der Waals surface area (Å²) in [6.07, 6.45) is 0.540. The predicted octanol–water partition coefficient (Wildman–Crippen LogP) is 1.81. The van der Waals surface area contributed by atoms with Gasteiger partial charge in [-0.3, -0.25) is 0 Å². The molecule has 0 aliphatic rings. The van der Waals surface area contributed by atoms with Gasteiger partial charge in [-0.2, -0.15) is 0 Å². The number of carboxylic acids is 1. The van der Waals surface area contributed by atoms with Gasteiger partial charge in [0.15, 0.2) is 0 Å². The SMILES string of the molecule is Cc1ccccc1CCNS(=O)(=O)c1ccc(C(=O)O)o1. The van der Waals surface area contributed by atoms with Gasteiger partial charge < -0.3 is 9.52 Å². The molecule has 6 nitrogen and oxygen atoms in total. The van der Waals surface area contributed by atoms with Crippen molar-refractivity contribution in [1.82, 2.24) is 4.72 Å². The Labute approximate surface area is 122 Å². The fraction of sp³-hybridized carbons (Fsp3) is 0.214.